The molecule has 312 valence electrons. The van der Waals surface area contributed by atoms with Gasteiger partial charge < -0.3 is 29.9 Å². The summed E-state index contributed by atoms with van der Waals surface area (Å²) in [6.45, 7) is 8.26. The van der Waals surface area contributed by atoms with E-state index in [2.05, 4.69) is 35.6 Å². The zero-order valence-corrected chi connectivity index (χ0v) is 37.0. The van der Waals surface area contributed by atoms with Gasteiger partial charge in [0.1, 0.15) is 50.7 Å². The van der Waals surface area contributed by atoms with Crippen LogP contribution < -0.4 is 15.4 Å². The van der Waals surface area contributed by atoms with Gasteiger partial charge in [-0.25, -0.2) is 24.7 Å². The molecule has 1 aliphatic heterocycles. The molecule has 1 aromatic carbocycles. The van der Waals surface area contributed by atoms with Crippen molar-refractivity contribution in [2.24, 2.45) is 16.8 Å². The van der Waals surface area contributed by atoms with E-state index in [1.54, 1.807) is 38.8 Å². The number of benzene rings is 1. The second kappa shape index (κ2) is 17.3. The Balaban J connectivity index is 0.000000231. The van der Waals surface area contributed by atoms with Crippen molar-refractivity contribution in [1.29, 1.82) is 0 Å². The van der Waals surface area contributed by atoms with Gasteiger partial charge in [-0.2, -0.15) is 0 Å². The lowest BCUT2D eigenvalue weighted by atomic mass is 9.87. The first-order chi connectivity index (χ1) is 28.1. The van der Waals surface area contributed by atoms with Crippen LogP contribution in [0.5, 0.6) is 5.75 Å². The molecule has 0 spiro atoms. The molecular weight excluding hydrogens is 810 g/mol. The Morgan fingerprint density at radius 2 is 1.47 bits per heavy atom. The fourth-order valence-electron chi connectivity index (χ4n) is 7.69. The number of aromatic nitrogens is 4. The van der Waals surface area contributed by atoms with Crippen molar-refractivity contribution in [1.82, 2.24) is 35.1 Å². The molecule has 0 bridgehead atoms. The number of aryl methyl sites for hydroxylation is 2. The van der Waals surface area contributed by atoms with Gasteiger partial charge in [0.05, 0.1) is 29.5 Å². The van der Waals surface area contributed by atoms with Gasteiger partial charge in [0, 0.05) is 56.0 Å². The summed E-state index contributed by atoms with van der Waals surface area (Å²) in [6, 6.07) is 4.02. The summed E-state index contributed by atoms with van der Waals surface area (Å²) in [4.78, 5) is 66.4. The minimum Gasteiger partial charge on any atom is -0.487 e. The molecule has 59 heavy (non-hydrogen) atoms. The van der Waals surface area contributed by atoms with Crippen LogP contribution in [0.25, 0.3) is 20.4 Å². The number of hydrogen-bond acceptors (Lipinski definition) is 13. The average Bonchev–Trinajstić information content (AvgIpc) is 3.91. The van der Waals surface area contributed by atoms with Crippen molar-refractivity contribution >= 4 is 90.3 Å². The van der Waals surface area contributed by atoms with Gasteiger partial charge in [-0.15, -0.1) is 22.7 Å². The lowest BCUT2D eigenvalue weighted by Gasteiger charge is -2.24. The average molecular weight is 861 g/mol. The van der Waals surface area contributed by atoms with E-state index < -0.39 is 11.7 Å². The maximum atomic E-state index is 12.6. The van der Waals surface area contributed by atoms with E-state index in [1.165, 1.54) is 27.2 Å². The molecule has 0 fully saturated rings. The highest BCUT2D eigenvalue weighted by Crippen LogP contribution is 2.43. The lowest BCUT2D eigenvalue weighted by molar-refractivity contribution is -0.134. The van der Waals surface area contributed by atoms with Gasteiger partial charge in [-0.1, -0.05) is 11.6 Å². The quantitative estimate of drug-likeness (QED) is 0.150. The zero-order valence-electron chi connectivity index (χ0n) is 34.6. The van der Waals surface area contributed by atoms with E-state index in [1.807, 2.05) is 74.2 Å². The molecule has 2 aliphatic carbocycles. The van der Waals surface area contributed by atoms with Crippen LogP contribution >= 0.6 is 34.3 Å². The molecule has 8 rings (SSSR count). The molecule has 14 nitrogen and oxygen atoms in total. The zero-order chi connectivity index (χ0) is 42.2. The molecule has 2 N–H and O–H groups in total. The Bertz CT molecular complexity index is 2440. The Morgan fingerprint density at radius 1 is 0.881 bits per heavy atom. The highest BCUT2D eigenvalue weighted by atomic mass is 35.5. The van der Waals surface area contributed by atoms with Crippen molar-refractivity contribution in [3.63, 3.8) is 0 Å². The molecule has 0 saturated heterocycles. The number of aliphatic imine (C=N–C) groups is 1. The van der Waals surface area contributed by atoms with E-state index in [-0.39, 0.29) is 36.3 Å². The van der Waals surface area contributed by atoms with E-state index >= 15 is 0 Å². The van der Waals surface area contributed by atoms with E-state index in [0.29, 0.717) is 23.3 Å². The van der Waals surface area contributed by atoms with Gasteiger partial charge in [0.25, 0.3) is 0 Å². The van der Waals surface area contributed by atoms with Crippen LogP contribution in [-0.4, -0.2) is 100 Å². The van der Waals surface area contributed by atoms with Gasteiger partial charge in [-0.05, 0) is 101 Å². The molecule has 3 amide bonds. The van der Waals surface area contributed by atoms with E-state index in [4.69, 9.17) is 21.1 Å². The van der Waals surface area contributed by atoms with Crippen molar-refractivity contribution in [2.45, 2.75) is 84.5 Å². The molecular formula is C42H50ClN9O5S2. The van der Waals surface area contributed by atoms with Crippen molar-refractivity contribution < 1.29 is 23.9 Å². The molecule has 0 radical (unpaired) electrons. The van der Waals surface area contributed by atoms with Crippen LogP contribution in [0.15, 0.2) is 29.8 Å². The second-order valence-corrected chi connectivity index (χ2v) is 19.1. The largest absolute Gasteiger partial charge is 0.487 e. The number of anilines is 2. The SMILES string of the molecule is CN(C)C(=O)[C@H]1CCc2c(sc3ncnc(Cl)c23)C1.C[C@H](CNC(=O)OC(C)(C)C)Oc1cc2c(cc1Nc1ncnc3sc4c(c13)CC[C@H](C(=O)N(C)C)C4)C=NC2. The summed E-state index contributed by atoms with van der Waals surface area (Å²) < 4.78 is 11.7. The Morgan fingerprint density at radius 3 is 2.08 bits per heavy atom. The maximum Gasteiger partial charge on any atom is 0.407 e. The first-order valence-corrected chi connectivity index (χ1v) is 21.7. The van der Waals surface area contributed by atoms with Crippen LogP contribution in [0.3, 0.4) is 0 Å². The Kier molecular flexibility index (Phi) is 12.4. The van der Waals surface area contributed by atoms with Crippen molar-refractivity contribution in [3.05, 3.63) is 61.9 Å². The van der Waals surface area contributed by atoms with E-state index in [0.717, 1.165) is 75.8 Å². The van der Waals surface area contributed by atoms with Crippen LogP contribution in [0.4, 0.5) is 16.3 Å². The van der Waals surface area contributed by atoms with Gasteiger partial charge in [0.2, 0.25) is 11.8 Å². The predicted molar refractivity (Wildman–Crippen MR) is 234 cm³/mol. The number of carbonyl (C=O) groups excluding carboxylic acids is 3. The molecule has 0 unspecified atom stereocenters. The number of carbonyl (C=O) groups is 3. The fraction of sp³-hybridized carbons (Fsp3) is 0.476. The second-order valence-electron chi connectivity index (χ2n) is 16.6. The number of nitrogens with one attached hydrogen (secondary N) is 2. The van der Waals surface area contributed by atoms with Crippen molar-refractivity contribution in [3.8, 4) is 5.75 Å². The third kappa shape index (κ3) is 9.44. The van der Waals surface area contributed by atoms with Crippen molar-refractivity contribution in [2.75, 3.05) is 40.1 Å². The Labute approximate surface area is 356 Å². The minimum atomic E-state index is -0.572. The summed E-state index contributed by atoms with van der Waals surface area (Å²) in [6.07, 6.45) is 9.00. The monoisotopic (exact) mass is 859 g/mol. The van der Waals surface area contributed by atoms with Crippen LogP contribution in [-0.2, 0) is 46.6 Å². The normalized spacial score (nSPS) is 17.2. The number of fused-ring (bicyclic) bond motifs is 7. The first-order valence-electron chi connectivity index (χ1n) is 19.7. The molecule has 4 aromatic heterocycles. The number of amides is 3. The summed E-state index contributed by atoms with van der Waals surface area (Å²) in [5.74, 6) is 1.81. The molecule has 0 saturated carbocycles. The number of nitrogens with zero attached hydrogens (tertiary/aromatic N) is 7. The fourth-order valence-corrected chi connectivity index (χ4v) is 10.5. The summed E-state index contributed by atoms with van der Waals surface area (Å²) in [5.41, 5.74) is 4.74. The van der Waals surface area contributed by atoms with Crippen LogP contribution in [0, 0.1) is 11.8 Å². The maximum absolute atomic E-state index is 12.6. The lowest BCUT2D eigenvalue weighted by Crippen LogP contribution is -2.37. The molecule has 3 atom stereocenters. The van der Waals surface area contributed by atoms with Crippen LogP contribution in [0.2, 0.25) is 5.15 Å². The first kappa shape index (κ1) is 42.2. The van der Waals surface area contributed by atoms with Crippen LogP contribution in [0.1, 0.15) is 72.5 Å². The highest BCUT2D eigenvalue weighted by molar-refractivity contribution is 7.19. The van der Waals surface area contributed by atoms with E-state index in [9.17, 15) is 14.4 Å². The number of ether oxygens (including phenoxy) is 2. The number of halogens is 1. The number of hydrogen-bond donors (Lipinski definition) is 2. The van der Waals surface area contributed by atoms with Gasteiger partial charge in [-0.3, -0.25) is 14.6 Å². The molecule has 3 aliphatic rings. The highest BCUT2D eigenvalue weighted by Gasteiger charge is 2.31. The number of alkyl carbamates (subject to hydrolysis) is 1. The molecule has 5 aromatic rings. The molecule has 5 heterocycles. The van der Waals surface area contributed by atoms with Gasteiger partial charge >= 0.3 is 6.09 Å². The predicted octanol–water partition coefficient (Wildman–Crippen LogP) is 7.39. The standard InChI is InChI=1S/C29H36N6O4S.C13H14ClN3OS/c1-16(12-31-28(37)39-29(2,3)4)38-22-10-19-14-30-13-18(19)9-21(22)34-25-24-20-8-7-17(27(36)35(5)6)11-23(20)40-26(24)33-15-32-25;1-17(2)13(18)7-3-4-8-9(5-7)19-12-10(8)11(14)15-6-16-12/h9-10,13,15-17H,7-8,11-12,14H2,1-6H3,(H,31,37)(H,32,33,34);6-7H,3-5H2,1-2H3/t16-,17+;7-/m10/s1. The minimum absolute atomic E-state index is 0.00768. The number of rotatable bonds is 8. The topological polar surface area (TPSA) is 164 Å². The van der Waals surface area contributed by atoms with Gasteiger partial charge in [0.15, 0.2) is 0 Å². The third-order valence-electron chi connectivity index (χ3n) is 10.5. The Hall–Kier alpha value is -4.93. The third-order valence-corrected chi connectivity index (χ3v) is 13.1. The summed E-state index contributed by atoms with van der Waals surface area (Å²) in [5, 5.41) is 8.80. The summed E-state index contributed by atoms with van der Waals surface area (Å²) in [7, 11) is 7.24. The number of thiophene rings is 2. The smallest absolute Gasteiger partial charge is 0.407 e. The summed E-state index contributed by atoms with van der Waals surface area (Å²) >= 11 is 9.44. The molecule has 17 heteroatoms.